The lowest BCUT2D eigenvalue weighted by atomic mass is 9.85. The first-order valence-electron chi connectivity index (χ1n) is 10.6. The van der Waals surface area contributed by atoms with Crippen LogP contribution in [0.15, 0.2) is 48.7 Å². The fourth-order valence-corrected chi connectivity index (χ4v) is 4.22. The molecule has 5 nitrogen and oxygen atoms in total. The number of Topliss-reactive ketones (excluding diaryl/α,β-unsaturated/α-hetero) is 1. The van der Waals surface area contributed by atoms with Crippen LogP contribution < -0.4 is 5.32 Å². The number of carbonyl (C=O) groups is 1. The summed E-state index contributed by atoms with van der Waals surface area (Å²) >= 11 is 0. The Morgan fingerprint density at radius 2 is 1.84 bits per heavy atom. The van der Waals surface area contributed by atoms with E-state index in [2.05, 4.69) is 15.5 Å². The summed E-state index contributed by atoms with van der Waals surface area (Å²) in [5.41, 5.74) is 0.709. The van der Waals surface area contributed by atoms with Gasteiger partial charge < -0.3 is 5.32 Å². The summed E-state index contributed by atoms with van der Waals surface area (Å²) in [5.74, 6) is 0.258. The largest absolute Gasteiger partial charge is 0.417 e. The average Bonchev–Trinajstić information content (AvgIpc) is 3.20. The van der Waals surface area contributed by atoms with E-state index < -0.39 is 11.7 Å². The van der Waals surface area contributed by atoms with Crippen molar-refractivity contribution in [3.63, 3.8) is 0 Å². The first kappa shape index (κ1) is 21.5. The van der Waals surface area contributed by atoms with Crippen molar-refractivity contribution in [1.82, 2.24) is 19.9 Å². The maximum Gasteiger partial charge on any atom is 0.417 e. The molecule has 1 N–H and O–H groups in total. The van der Waals surface area contributed by atoms with Gasteiger partial charge >= 0.3 is 6.18 Å². The maximum absolute atomic E-state index is 13.3. The molecule has 0 radical (unpaired) electrons. The number of piperidine rings is 1. The summed E-state index contributed by atoms with van der Waals surface area (Å²) in [6, 6.07) is 12.2. The van der Waals surface area contributed by atoms with Crippen LogP contribution in [-0.2, 0) is 17.4 Å². The minimum atomic E-state index is -4.46. The van der Waals surface area contributed by atoms with Crippen LogP contribution in [0.25, 0.3) is 5.65 Å². The zero-order chi connectivity index (χ0) is 21.8. The van der Waals surface area contributed by atoms with Gasteiger partial charge in [-0.25, -0.2) is 0 Å². The zero-order valence-electron chi connectivity index (χ0n) is 17.1. The molecule has 1 saturated heterocycles. The van der Waals surface area contributed by atoms with Crippen molar-refractivity contribution >= 4 is 11.4 Å². The Labute approximate surface area is 178 Å². The van der Waals surface area contributed by atoms with Gasteiger partial charge in [-0.3, -0.25) is 9.20 Å². The van der Waals surface area contributed by atoms with E-state index in [1.165, 1.54) is 10.5 Å². The highest BCUT2D eigenvalue weighted by atomic mass is 19.4. The SMILES string of the molecule is O=C(C[C@H](CCc1ccccc1)c1nnc2ccc(C(F)(F)F)cn12)C1CCNCC1. The van der Waals surface area contributed by atoms with E-state index in [1.807, 2.05) is 30.3 Å². The lowest BCUT2D eigenvalue weighted by Crippen LogP contribution is -2.32. The summed E-state index contributed by atoms with van der Waals surface area (Å²) in [6.07, 6.45) is -0.257. The van der Waals surface area contributed by atoms with Gasteiger partial charge in [-0.1, -0.05) is 30.3 Å². The molecule has 1 aromatic carbocycles. The van der Waals surface area contributed by atoms with Crippen LogP contribution in [0.3, 0.4) is 0 Å². The van der Waals surface area contributed by atoms with Gasteiger partial charge in [0.25, 0.3) is 0 Å². The molecule has 0 spiro atoms. The van der Waals surface area contributed by atoms with Crippen LogP contribution >= 0.6 is 0 Å². The van der Waals surface area contributed by atoms with Crippen molar-refractivity contribution in [2.24, 2.45) is 5.92 Å². The highest BCUT2D eigenvalue weighted by molar-refractivity contribution is 5.81. The van der Waals surface area contributed by atoms with Gasteiger partial charge in [0.15, 0.2) is 5.65 Å². The molecule has 0 saturated carbocycles. The number of nitrogens with one attached hydrogen (secondary N) is 1. The molecule has 0 amide bonds. The Morgan fingerprint density at radius 3 is 2.55 bits per heavy atom. The quantitative estimate of drug-likeness (QED) is 0.603. The third-order valence-corrected chi connectivity index (χ3v) is 5.99. The molecule has 1 aliphatic heterocycles. The van der Waals surface area contributed by atoms with Gasteiger partial charge in [0.05, 0.1) is 5.56 Å². The van der Waals surface area contributed by atoms with E-state index in [4.69, 9.17) is 0 Å². The molecule has 8 heteroatoms. The van der Waals surface area contributed by atoms with Gasteiger partial charge in [-0.2, -0.15) is 13.2 Å². The Hall–Kier alpha value is -2.74. The van der Waals surface area contributed by atoms with E-state index in [9.17, 15) is 18.0 Å². The van der Waals surface area contributed by atoms with Crippen LogP contribution in [0.2, 0.25) is 0 Å². The number of aromatic nitrogens is 3. The van der Waals surface area contributed by atoms with E-state index in [0.29, 0.717) is 24.3 Å². The third-order valence-electron chi connectivity index (χ3n) is 5.99. The average molecular weight is 430 g/mol. The van der Waals surface area contributed by atoms with Crippen LogP contribution in [0.4, 0.5) is 13.2 Å². The summed E-state index contributed by atoms with van der Waals surface area (Å²) in [4.78, 5) is 13.0. The first-order valence-corrected chi connectivity index (χ1v) is 10.6. The normalized spacial score (nSPS) is 16.5. The predicted octanol–water partition coefficient (Wildman–Crippen LogP) is 4.42. The van der Waals surface area contributed by atoms with Crippen molar-refractivity contribution in [2.75, 3.05) is 13.1 Å². The Bertz CT molecular complexity index is 1030. The number of fused-ring (bicyclic) bond motifs is 1. The van der Waals surface area contributed by atoms with Gasteiger partial charge in [0.2, 0.25) is 0 Å². The highest BCUT2D eigenvalue weighted by Crippen LogP contribution is 2.32. The topological polar surface area (TPSA) is 59.3 Å². The summed E-state index contributed by atoms with van der Waals surface area (Å²) in [5, 5.41) is 11.5. The minimum absolute atomic E-state index is 0.00889. The number of alkyl halides is 3. The number of halogens is 3. The van der Waals surface area contributed by atoms with Gasteiger partial charge in [0.1, 0.15) is 11.6 Å². The lowest BCUT2D eigenvalue weighted by molar-refractivity contribution is -0.137. The van der Waals surface area contributed by atoms with E-state index in [-0.39, 0.29) is 24.0 Å². The summed E-state index contributed by atoms with van der Waals surface area (Å²) < 4.78 is 41.2. The number of hydrogen-bond donors (Lipinski definition) is 1. The number of benzene rings is 1. The van der Waals surface area contributed by atoms with Gasteiger partial charge in [-0.05, 0) is 56.5 Å². The second-order valence-corrected chi connectivity index (χ2v) is 8.12. The van der Waals surface area contributed by atoms with E-state index >= 15 is 0 Å². The molecule has 1 atom stereocenters. The molecule has 164 valence electrons. The molecule has 31 heavy (non-hydrogen) atoms. The van der Waals surface area contributed by atoms with Crippen LogP contribution in [0, 0.1) is 5.92 Å². The molecule has 3 heterocycles. The van der Waals surface area contributed by atoms with Gasteiger partial charge in [-0.15, -0.1) is 10.2 Å². The zero-order valence-corrected chi connectivity index (χ0v) is 17.1. The molecule has 1 fully saturated rings. The Balaban J connectivity index is 1.63. The fraction of sp³-hybridized carbons (Fsp3) is 0.435. The van der Waals surface area contributed by atoms with Crippen LogP contribution in [-0.4, -0.2) is 33.5 Å². The maximum atomic E-state index is 13.3. The van der Waals surface area contributed by atoms with Crippen molar-refractivity contribution in [3.05, 3.63) is 65.6 Å². The number of carbonyl (C=O) groups excluding carboxylic acids is 1. The fourth-order valence-electron chi connectivity index (χ4n) is 4.22. The summed E-state index contributed by atoms with van der Waals surface area (Å²) in [7, 11) is 0. The van der Waals surface area contributed by atoms with Crippen molar-refractivity contribution in [1.29, 1.82) is 0 Å². The third kappa shape index (κ3) is 5.12. The number of aryl methyl sites for hydroxylation is 1. The van der Waals surface area contributed by atoms with Crippen molar-refractivity contribution in [2.45, 2.75) is 44.2 Å². The standard InChI is InChI=1S/C23H25F3N4O/c24-23(25,26)19-8-9-21-28-29-22(30(21)15-19)18(7-6-16-4-2-1-3-5-16)14-20(31)17-10-12-27-13-11-17/h1-5,8-9,15,17-18,27H,6-7,10-14H2/t18-/m0/s1. The number of ketones is 1. The molecule has 3 aromatic rings. The number of pyridine rings is 1. The number of hydrogen-bond acceptors (Lipinski definition) is 4. The van der Waals surface area contributed by atoms with Gasteiger partial charge in [0, 0.05) is 24.5 Å². The lowest BCUT2D eigenvalue weighted by Gasteiger charge is -2.23. The molecule has 4 rings (SSSR count). The molecule has 0 aliphatic carbocycles. The van der Waals surface area contributed by atoms with E-state index in [0.717, 1.165) is 43.8 Å². The van der Waals surface area contributed by atoms with Crippen molar-refractivity contribution in [3.8, 4) is 0 Å². The molecule has 1 aliphatic rings. The molecular weight excluding hydrogens is 405 g/mol. The summed E-state index contributed by atoms with van der Waals surface area (Å²) in [6.45, 7) is 1.63. The molecule has 0 bridgehead atoms. The number of nitrogens with zero attached hydrogens (tertiary/aromatic N) is 3. The Kier molecular flexibility index (Phi) is 6.36. The highest BCUT2D eigenvalue weighted by Gasteiger charge is 2.32. The van der Waals surface area contributed by atoms with Crippen molar-refractivity contribution < 1.29 is 18.0 Å². The number of rotatable bonds is 7. The second-order valence-electron chi connectivity index (χ2n) is 8.12. The monoisotopic (exact) mass is 430 g/mol. The second kappa shape index (κ2) is 9.18. The molecular formula is C23H25F3N4O. The molecule has 0 unspecified atom stereocenters. The Morgan fingerprint density at radius 1 is 1.10 bits per heavy atom. The van der Waals surface area contributed by atoms with Crippen LogP contribution in [0.5, 0.6) is 0 Å². The van der Waals surface area contributed by atoms with Crippen LogP contribution in [0.1, 0.15) is 48.6 Å². The molecule has 2 aromatic heterocycles. The van der Waals surface area contributed by atoms with E-state index in [1.54, 1.807) is 0 Å². The first-order chi connectivity index (χ1) is 14.9. The predicted molar refractivity (Wildman–Crippen MR) is 111 cm³/mol. The minimum Gasteiger partial charge on any atom is -0.317 e. The smallest absolute Gasteiger partial charge is 0.317 e.